The first-order valence-corrected chi connectivity index (χ1v) is 10.8. The van der Waals surface area contributed by atoms with E-state index < -0.39 is 11.7 Å². The number of likely N-dealkylation sites (tertiary alicyclic amines) is 1. The maximum Gasteiger partial charge on any atom is 0.416 e. The van der Waals surface area contributed by atoms with E-state index in [2.05, 4.69) is 4.90 Å². The minimum absolute atomic E-state index is 0.155. The van der Waals surface area contributed by atoms with E-state index in [1.54, 1.807) is 31.2 Å². The first-order chi connectivity index (χ1) is 15.3. The van der Waals surface area contributed by atoms with Crippen LogP contribution in [0.3, 0.4) is 0 Å². The summed E-state index contributed by atoms with van der Waals surface area (Å²) < 4.78 is 54.4. The predicted octanol–water partition coefficient (Wildman–Crippen LogP) is 5.68. The average molecular weight is 451 g/mol. The number of carbonyl (C=O) groups excluding carboxylic acids is 1. The highest BCUT2D eigenvalue weighted by Crippen LogP contribution is 2.31. The number of hydrogen-bond acceptors (Lipinski definition) is 5. The Labute approximate surface area is 186 Å². The molecule has 3 rings (SSSR count). The van der Waals surface area contributed by atoms with Crippen LogP contribution in [0.1, 0.15) is 38.2 Å². The van der Waals surface area contributed by atoms with Crippen LogP contribution in [-0.2, 0) is 15.7 Å². The predicted molar refractivity (Wildman–Crippen MR) is 114 cm³/mol. The lowest BCUT2D eigenvalue weighted by Gasteiger charge is -2.24. The molecule has 8 heteroatoms. The van der Waals surface area contributed by atoms with Crippen LogP contribution in [0.15, 0.2) is 48.5 Å². The third-order valence-electron chi connectivity index (χ3n) is 5.31. The average Bonchev–Trinajstić information content (AvgIpc) is 3.20. The smallest absolute Gasteiger partial charge is 0.416 e. The normalized spacial score (nSPS) is 16.7. The van der Waals surface area contributed by atoms with E-state index in [9.17, 15) is 18.0 Å². The van der Waals surface area contributed by atoms with E-state index >= 15 is 0 Å². The third-order valence-corrected chi connectivity index (χ3v) is 5.31. The summed E-state index contributed by atoms with van der Waals surface area (Å²) in [5.74, 6) is 1.39. The summed E-state index contributed by atoms with van der Waals surface area (Å²) in [4.78, 5) is 13.8. The molecule has 1 aliphatic heterocycles. The fourth-order valence-corrected chi connectivity index (χ4v) is 3.68. The zero-order chi connectivity index (χ0) is 23.0. The lowest BCUT2D eigenvalue weighted by molar-refractivity contribution is -0.143. The van der Waals surface area contributed by atoms with E-state index in [4.69, 9.17) is 14.2 Å². The molecule has 0 unspecified atom stereocenters. The van der Waals surface area contributed by atoms with Crippen LogP contribution in [0, 0.1) is 0 Å². The molecule has 0 spiro atoms. The molecule has 0 N–H and O–H groups in total. The zero-order valence-corrected chi connectivity index (χ0v) is 18.1. The highest BCUT2D eigenvalue weighted by Gasteiger charge is 2.30. The Morgan fingerprint density at radius 3 is 2.28 bits per heavy atom. The fraction of sp³-hybridized carbons (Fsp3) is 0.458. The zero-order valence-electron chi connectivity index (χ0n) is 18.1. The van der Waals surface area contributed by atoms with Crippen LogP contribution < -0.4 is 9.47 Å². The topological polar surface area (TPSA) is 48.0 Å². The molecule has 1 heterocycles. The number of hydrogen-bond donors (Lipinski definition) is 0. The molecule has 174 valence electrons. The molecular formula is C24H28F3NO4. The van der Waals surface area contributed by atoms with Crippen LogP contribution in [0.5, 0.6) is 17.2 Å². The second kappa shape index (κ2) is 11.2. The van der Waals surface area contributed by atoms with Gasteiger partial charge in [-0.3, -0.25) is 9.69 Å². The Morgan fingerprint density at radius 1 is 1.03 bits per heavy atom. The molecular weight excluding hydrogens is 423 g/mol. The number of ether oxygens (including phenoxy) is 3. The fourth-order valence-electron chi connectivity index (χ4n) is 3.68. The minimum atomic E-state index is -4.37. The van der Waals surface area contributed by atoms with Crippen molar-refractivity contribution in [2.24, 2.45) is 0 Å². The van der Waals surface area contributed by atoms with Crippen molar-refractivity contribution in [3.8, 4) is 17.2 Å². The summed E-state index contributed by atoms with van der Waals surface area (Å²) in [5, 5.41) is 0. The Kier molecular flexibility index (Phi) is 8.39. The van der Waals surface area contributed by atoms with Gasteiger partial charge in [-0.05, 0) is 87.8 Å². The second-order valence-corrected chi connectivity index (χ2v) is 7.65. The number of nitrogens with zero attached hydrogens (tertiary/aromatic N) is 1. The van der Waals surface area contributed by atoms with Gasteiger partial charge in [-0.15, -0.1) is 0 Å². The molecule has 2 aromatic carbocycles. The maximum absolute atomic E-state index is 12.6. The molecule has 1 fully saturated rings. The molecule has 2 aromatic rings. The van der Waals surface area contributed by atoms with Crippen molar-refractivity contribution in [1.82, 2.24) is 4.90 Å². The standard InChI is InChI=1S/C24H28F3NO4/c1-2-30-23(29)6-4-16-28-15-3-5-19(28)17-31-20-11-13-22(14-12-20)32-21-9-7-18(8-10-21)24(25,26)27/h7-14,19H,2-6,15-17H2,1H3/t19-/m0/s1. The molecule has 0 aromatic heterocycles. The van der Waals surface area contributed by atoms with Gasteiger partial charge in [0.05, 0.1) is 12.2 Å². The van der Waals surface area contributed by atoms with Crippen molar-refractivity contribution >= 4 is 5.97 Å². The van der Waals surface area contributed by atoms with Crippen molar-refractivity contribution in [3.05, 3.63) is 54.1 Å². The number of esters is 1. The molecule has 0 aliphatic carbocycles. The van der Waals surface area contributed by atoms with Crippen molar-refractivity contribution in [2.75, 3.05) is 26.3 Å². The monoisotopic (exact) mass is 451 g/mol. The van der Waals surface area contributed by atoms with Gasteiger partial charge in [0.1, 0.15) is 23.9 Å². The number of benzene rings is 2. The number of rotatable bonds is 10. The van der Waals surface area contributed by atoms with Crippen LogP contribution in [0.25, 0.3) is 0 Å². The molecule has 1 aliphatic rings. The number of carbonyl (C=O) groups is 1. The van der Waals surface area contributed by atoms with Gasteiger partial charge >= 0.3 is 12.1 Å². The van der Waals surface area contributed by atoms with E-state index in [0.717, 1.165) is 44.5 Å². The van der Waals surface area contributed by atoms with Crippen molar-refractivity contribution in [2.45, 2.75) is 44.8 Å². The quantitative estimate of drug-likeness (QED) is 0.435. The Morgan fingerprint density at radius 2 is 1.66 bits per heavy atom. The Bertz CT molecular complexity index is 853. The highest BCUT2D eigenvalue weighted by molar-refractivity contribution is 5.69. The summed E-state index contributed by atoms with van der Waals surface area (Å²) in [7, 11) is 0. The van der Waals surface area contributed by atoms with Crippen molar-refractivity contribution in [1.29, 1.82) is 0 Å². The maximum atomic E-state index is 12.6. The summed E-state index contributed by atoms with van der Waals surface area (Å²) in [6.45, 7) is 4.61. The van der Waals surface area contributed by atoms with E-state index in [1.165, 1.54) is 12.1 Å². The summed E-state index contributed by atoms with van der Waals surface area (Å²) in [5.41, 5.74) is -0.713. The van der Waals surface area contributed by atoms with Gasteiger partial charge in [0.25, 0.3) is 0 Å². The third kappa shape index (κ3) is 7.15. The first-order valence-electron chi connectivity index (χ1n) is 10.8. The van der Waals surface area contributed by atoms with Crippen LogP contribution in [0.2, 0.25) is 0 Å². The Balaban J connectivity index is 1.44. The SMILES string of the molecule is CCOC(=O)CCCN1CCC[C@H]1COc1ccc(Oc2ccc(C(F)(F)F)cc2)cc1. The van der Waals surface area contributed by atoms with Gasteiger partial charge in [0.2, 0.25) is 0 Å². The molecule has 0 saturated carbocycles. The van der Waals surface area contributed by atoms with E-state index in [0.29, 0.717) is 42.9 Å². The minimum Gasteiger partial charge on any atom is -0.492 e. The second-order valence-electron chi connectivity index (χ2n) is 7.65. The lowest BCUT2D eigenvalue weighted by atomic mass is 10.2. The summed E-state index contributed by atoms with van der Waals surface area (Å²) in [6, 6.07) is 11.9. The highest BCUT2D eigenvalue weighted by atomic mass is 19.4. The number of halogens is 3. The van der Waals surface area contributed by atoms with Gasteiger partial charge in [-0.25, -0.2) is 0 Å². The molecule has 1 saturated heterocycles. The van der Waals surface area contributed by atoms with Crippen LogP contribution >= 0.6 is 0 Å². The van der Waals surface area contributed by atoms with Gasteiger partial charge in [-0.1, -0.05) is 0 Å². The van der Waals surface area contributed by atoms with Gasteiger partial charge < -0.3 is 14.2 Å². The molecule has 0 radical (unpaired) electrons. The molecule has 32 heavy (non-hydrogen) atoms. The molecule has 5 nitrogen and oxygen atoms in total. The summed E-state index contributed by atoms with van der Waals surface area (Å²) in [6.07, 6.45) is -1.02. The lowest BCUT2D eigenvalue weighted by Crippen LogP contribution is -2.35. The van der Waals surface area contributed by atoms with E-state index in [-0.39, 0.29) is 5.97 Å². The van der Waals surface area contributed by atoms with E-state index in [1.807, 2.05) is 0 Å². The van der Waals surface area contributed by atoms with Gasteiger partial charge in [-0.2, -0.15) is 13.2 Å². The molecule has 0 amide bonds. The van der Waals surface area contributed by atoms with Gasteiger partial charge in [0.15, 0.2) is 0 Å². The number of alkyl halides is 3. The van der Waals surface area contributed by atoms with Gasteiger partial charge in [0, 0.05) is 12.5 Å². The van der Waals surface area contributed by atoms with Crippen molar-refractivity contribution < 1.29 is 32.2 Å². The Hall–Kier alpha value is -2.74. The molecule has 1 atom stereocenters. The molecule has 0 bridgehead atoms. The van der Waals surface area contributed by atoms with Crippen LogP contribution in [0.4, 0.5) is 13.2 Å². The first kappa shape index (κ1) is 23.9. The summed E-state index contributed by atoms with van der Waals surface area (Å²) >= 11 is 0. The largest absolute Gasteiger partial charge is 0.492 e. The van der Waals surface area contributed by atoms with Crippen molar-refractivity contribution in [3.63, 3.8) is 0 Å². The van der Waals surface area contributed by atoms with Crippen LogP contribution in [-0.4, -0.2) is 43.2 Å².